The van der Waals surface area contributed by atoms with E-state index in [1.54, 1.807) is 18.2 Å². The molecule has 10 heteroatoms. The van der Waals surface area contributed by atoms with Gasteiger partial charge in [-0.2, -0.15) is 0 Å². The standard InChI is InChI=1S/C21H19N5O4S/c27-18(23-20(28)22-14-8-9-16-17(10-14)30-12-29-16)11-31-21-24-19(13-6-7-13)26(25-21)15-4-2-1-3-5-15/h1-5,8-10,13H,6-7,11-12H2,(H2,22,23,27,28). The molecular formula is C21H19N5O4S. The van der Waals surface area contributed by atoms with Crippen LogP contribution in [0.3, 0.4) is 0 Å². The highest BCUT2D eigenvalue weighted by molar-refractivity contribution is 7.99. The van der Waals surface area contributed by atoms with Crippen LogP contribution >= 0.6 is 11.8 Å². The highest BCUT2D eigenvalue weighted by Gasteiger charge is 2.30. The van der Waals surface area contributed by atoms with Crippen LogP contribution in [0.15, 0.2) is 53.7 Å². The van der Waals surface area contributed by atoms with E-state index in [1.807, 2.05) is 35.0 Å². The minimum absolute atomic E-state index is 0.0253. The maximum absolute atomic E-state index is 12.2. The molecule has 3 aromatic rings. The van der Waals surface area contributed by atoms with E-state index in [-0.39, 0.29) is 12.5 Å². The second kappa shape index (κ2) is 8.31. The average Bonchev–Trinajstić information content (AvgIpc) is 3.36. The lowest BCUT2D eigenvalue weighted by Crippen LogP contribution is -2.35. The SMILES string of the molecule is O=C(CSc1nc(C2CC2)n(-c2ccccc2)n1)NC(=O)Nc1ccc2c(c1)OCO2. The third kappa shape index (κ3) is 4.48. The molecule has 0 radical (unpaired) electrons. The molecule has 2 N–H and O–H groups in total. The van der Waals surface area contributed by atoms with Crippen molar-refractivity contribution in [1.82, 2.24) is 20.1 Å². The molecule has 0 saturated heterocycles. The van der Waals surface area contributed by atoms with Gasteiger partial charge in [0.05, 0.1) is 11.4 Å². The van der Waals surface area contributed by atoms with E-state index in [0.717, 1.165) is 24.4 Å². The largest absolute Gasteiger partial charge is 0.454 e. The molecule has 1 aromatic heterocycles. The van der Waals surface area contributed by atoms with Gasteiger partial charge in [-0.25, -0.2) is 14.5 Å². The van der Waals surface area contributed by atoms with Crippen molar-refractivity contribution in [2.45, 2.75) is 23.9 Å². The summed E-state index contributed by atoms with van der Waals surface area (Å²) in [5.74, 6) is 2.07. The number of anilines is 1. The summed E-state index contributed by atoms with van der Waals surface area (Å²) in [7, 11) is 0. The van der Waals surface area contributed by atoms with E-state index < -0.39 is 11.9 Å². The molecule has 158 valence electrons. The number of urea groups is 1. The fourth-order valence-electron chi connectivity index (χ4n) is 3.16. The van der Waals surface area contributed by atoms with E-state index in [4.69, 9.17) is 9.47 Å². The lowest BCUT2D eigenvalue weighted by molar-refractivity contribution is -0.117. The van der Waals surface area contributed by atoms with E-state index in [2.05, 4.69) is 20.7 Å². The van der Waals surface area contributed by atoms with Gasteiger partial charge < -0.3 is 14.8 Å². The van der Waals surface area contributed by atoms with Crippen LogP contribution in [-0.4, -0.2) is 39.2 Å². The van der Waals surface area contributed by atoms with Crippen molar-refractivity contribution in [3.8, 4) is 17.2 Å². The molecule has 3 amide bonds. The van der Waals surface area contributed by atoms with Crippen molar-refractivity contribution in [2.24, 2.45) is 0 Å². The monoisotopic (exact) mass is 437 g/mol. The first-order valence-electron chi connectivity index (χ1n) is 9.81. The van der Waals surface area contributed by atoms with E-state index in [0.29, 0.717) is 28.3 Å². The smallest absolute Gasteiger partial charge is 0.325 e. The molecule has 9 nitrogen and oxygen atoms in total. The first-order valence-corrected chi connectivity index (χ1v) is 10.8. The predicted octanol–water partition coefficient (Wildman–Crippen LogP) is 3.31. The number of para-hydroxylation sites is 1. The third-order valence-corrected chi connectivity index (χ3v) is 5.61. The number of rotatable bonds is 6. The molecule has 31 heavy (non-hydrogen) atoms. The lowest BCUT2D eigenvalue weighted by Gasteiger charge is -2.07. The molecule has 0 spiro atoms. The molecule has 5 rings (SSSR count). The molecule has 2 aromatic carbocycles. The van der Waals surface area contributed by atoms with Gasteiger partial charge in [-0.1, -0.05) is 30.0 Å². The summed E-state index contributed by atoms with van der Waals surface area (Å²) in [6.45, 7) is 0.150. The third-order valence-electron chi connectivity index (χ3n) is 4.77. The van der Waals surface area contributed by atoms with Crippen LogP contribution in [0.1, 0.15) is 24.6 Å². The van der Waals surface area contributed by atoms with Gasteiger partial charge in [-0.05, 0) is 37.1 Å². The van der Waals surface area contributed by atoms with Gasteiger partial charge in [-0.15, -0.1) is 5.10 Å². The molecule has 2 aliphatic rings. The average molecular weight is 437 g/mol. The zero-order valence-corrected chi connectivity index (χ0v) is 17.2. The Hall–Kier alpha value is -3.53. The Labute approximate surface area is 182 Å². The number of aromatic nitrogens is 3. The molecule has 0 atom stereocenters. The Balaban J connectivity index is 1.17. The summed E-state index contributed by atoms with van der Waals surface area (Å²) in [4.78, 5) is 28.9. The molecule has 1 aliphatic carbocycles. The summed E-state index contributed by atoms with van der Waals surface area (Å²) < 4.78 is 12.3. The number of nitrogens with one attached hydrogen (secondary N) is 2. The van der Waals surface area contributed by atoms with Crippen LogP contribution in [0.2, 0.25) is 0 Å². The minimum atomic E-state index is -0.620. The number of amides is 3. The van der Waals surface area contributed by atoms with Gasteiger partial charge in [0.15, 0.2) is 11.5 Å². The number of carbonyl (C=O) groups is 2. The first-order chi connectivity index (χ1) is 15.2. The van der Waals surface area contributed by atoms with Crippen molar-refractivity contribution in [3.05, 3.63) is 54.4 Å². The van der Waals surface area contributed by atoms with Gasteiger partial charge in [0, 0.05) is 17.7 Å². The summed E-state index contributed by atoms with van der Waals surface area (Å²) in [5.41, 5.74) is 1.44. The molecule has 0 bridgehead atoms. The molecule has 0 unspecified atom stereocenters. The van der Waals surface area contributed by atoms with Gasteiger partial charge in [0.25, 0.3) is 0 Å². The first kappa shape index (κ1) is 19.4. The number of ether oxygens (including phenoxy) is 2. The zero-order valence-electron chi connectivity index (χ0n) is 16.4. The highest BCUT2D eigenvalue weighted by atomic mass is 32.2. The number of hydrogen-bond acceptors (Lipinski definition) is 7. The fourth-order valence-corrected chi connectivity index (χ4v) is 3.79. The zero-order chi connectivity index (χ0) is 21.2. The van der Waals surface area contributed by atoms with Crippen LogP contribution in [-0.2, 0) is 4.79 Å². The maximum atomic E-state index is 12.2. The summed E-state index contributed by atoms with van der Waals surface area (Å²) in [6.07, 6.45) is 2.19. The van der Waals surface area contributed by atoms with Gasteiger partial charge >= 0.3 is 6.03 Å². The highest BCUT2D eigenvalue weighted by Crippen LogP contribution is 2.40. The number of fused-ring (bicyclic) bond motifs is 1. The molecule has 1 fully saturated rings. The number of hydrogen-bond donors (Lipinski definition) is 2. The van der Waals surface area contributed by atoms with Crippen LogP contribution in [0.25, 0.3) is 5.69 Å². The van der Waals surface area contributed by atoms with E-state index >= 15 is 0 Å². The number of nitrogens with zero attached hydrogens (tertiary/aromatic N) is 3. The Morgan fingerprint density at radius 1 is 1.10 bits per heavy atom. The maximum Gasteiger partial charge on any atom is 0.325 e. The van der Waals surface area contributed by atoms with Crippen molar-refractivity contribution in [3.63, 3.8) is 0 Å². The van der Waals surface area contributed by atoms with E-state index in [9.17, 15) is 9.59 Å². The second-order valence-corrected chi connectivity index (χ2v) is 8.08. The van der Waals surface area contributed by atoms with Gasteiger partial charge in [-0.3, -0.25) is 10.1 Å². The van der Waals surface area contributed by atoms with Crippen molar-refractivity contribution in [1.29, 1.82) is 0 Å². The quantitative estimate of drug-likeness (QED) is 0.570. The lowest BCUT2D eigenvalue weighted by atomic mass is 10.3. The number of benzene rings is 2. The van der Waals surface area contributed by atoms with E-state index in [1.165, 1.54) is 11.8 Å². The fraction of sp³-hybridized carbons (Fsp3) is 0.238. The van der Waals surface area contributed by atoms with Gasteiger partial charge in [0.1, 0.15) is 5.82 Å². The number of imide groups is 1. The molecule has 2 heterocycles. The predicted molar refractivity (Wildman–Crippen MR) is 114 cm³/mol. The number of thioether (sulfide) groups is 1. The molecule has 1 aliphatic heterocycles. The topological polar surface area (TPSA) is 107 Å². The Bertz CT molecular complexity index is 1130. The van der Waals surface area contributed by atoms with Crippen LogP contribution in [0.5, 0.6) is 11.5 Å². The Morgan fingerprint density at radius 2 is 1.90 bits per heavy atom. The van der Waals surface area contributed by atoms with Crippen LogP contribution < -0.4 is 20.1 Å². The Morgan fingerprint density at radius 3 is 2.71 bits per heavy atom. The van der Waals surface area contributed by atoms with Crippen molar-refractivity contribution >= 4 is 29.4 Å². The molecular weight excluding hydrogens is 418 g/mol. The number of carbonyl (C=O) groups excluding carboxylic acids is 2. The van der Waals surface area contributed by atoms with Crippen LogP contribution in [0, 0.1) is 0 Å². The van der Waals surface area contributed by atoms with Crippen molar-refractivity contribution < 1.29 is 19.1 Å². The minimum Gasteiger partial charge on any atom is -0.454 e. The summed E-state index contributed by atoms with van der Waals surface area (Å²) in [5, 5.41) is 9.99. The van der Waals surface area contributed by atoms with Crippen molar-refractivity contribution in [2.75, 3.05) is 17.9 Å². The molecule has 1 saturated carbocycles. The van der Waals surface area contributed by atoms with Gasteiger partial charge in [0.2, 0.25) is 17.9 Å². The van der Waals surface area contributed by atoms with Crippen LogP contribution in [0.4, 0.5) is 10.5 Å². The normalized spacial score (nSPS) is 14.3. The second-order valence-electron chi connectivity index (χ2n) is 7.13. The summed E-state index contributed by atoms with van der Waals surface area (Å²) >= 11 is 1.20. The summed E-state index contributed by atoms with van der Waals surface area (Å²) in [6, 6.07) is 14.2. The Kier molecular flexibility index (Phi) is 5.21.